The summed E-state index contributed by atoms with van der Waals surface area (Å²) >= 11 is 0. The molecule has 0 unspecified atom stereocenters. The van der Waals surface area contributed by atoms with Gasteiger partial charge in [-0.15, -0.1) is 0 Å². The number of oxazole rings is 1. The highest BCUT2D eigenvalue weighted by Gasteiger charge is 2.12. The van der Waals surface area contributed by atoms with Crippen LogP contribution in [-0.2, 0) is 0 Å². The molecule has 0 amide bonds. The van der Waals surface area contributed by atoms with Crippen LogP contribution in [0.3, 0.4) is 0 Å². The first-order chi connectivity index (χ1) is 7.06. The maximum absolute atomic E-state index is 11.1. The molecule has 0 saturated carbocycles. The Balaban J connectivity index is 2.63. The first-order valence-corrected chi connectivity index (χ1v) is 4.24. The minimum Gasteiger partial charge on any atom is -0.437 e. The quantitative estimate of drug-likeness (QED) is 0.681. The van der Waals surface area contributed by atoms with E-state index >= 15 is 0 Å². The van der Waals surface area contributed by atoms with Gasteiger partial charge in [-0.3, -0.25) is 4.98 Å². The molecule has 3 N–H and O–H groups in total. The second kappa shape index (κ2) is 3.19. The Bertz CT molecular complexity index is 556. The van der Waals surface area contributed by atoms with Crippen LogP contribution in [0.2, 0.25) is 0 Å². The van der Waals surface area contributed by atoms with E-state index in [2.05, 4.69) is 19.9 Å². The molecule has 0 fully saturated rings. The molecule has 0 aliphatic heterocycles. The van der Waals surface area contributed by atoms with Crippen molar-refractivity contribution in [3.63, 3.8) is 0 Å². The maximum Gasteiger partial charge on any atom is 0.349 e. The molecule has 7 nitrogen and oxygen atoms in total. The minimum absolute atomic E-state index is 0.0952. The number of nitrogens with two attached hydrogens (primary N) is 1. The molecule has 0 saturated heterocycles. The first kappa shape index (κ1) is 9.38. The van der Waals surface area contributed by atoms with E-state index in [4.69, 9.17) is 10.2 Å². The second-order valence-electron chi connectivity index (χ2n) is 3.01. The summed E-state index contributed by atoms with van der Waals surface area (Å²) in [5.74, 6) is 1.05. The zero-order valence-electron chi connectivity index (χ0n) is 8.24. The number of nitrogens with one attached hydrogen (secondary N) is 1. The van der Waals surface area contributed by atoms with Crippen LogP contribution in [0.4, 0.5) is 5.95 Å². The molecule has 2 aromatic rings. The number of aryl methyl sites for hydroxylation is 2. The molecule has 0 bridgehead atoms. The van der Waals surface area contributed by atoms with Crippen LogP contribution in [0.25, 0.3) is 11.6 Å². The number of hydrogen-bond acceptors (Lipinski definition) is 6. The van der Waals surface area contributed by atoms with Gasteiger partial charge in [-0.25, -0.2) is 9.78 Å². The van der Waals surface area contributed by atoms with Gasteiger partial charge in [-0.05, 0) is 6.92 Å². The number of hydrogen-bond donors (Lipinski definition) is 2. The molecule has 2 aromatic heterocycles. The van der Waals surface area contributed by atoms with Crippen molar-refractivity contribution in [3.05, 3.63) is 22.1 Å². The van der Waals surface area contributed by atoms with Gasteiger partial charge in [0.05, 0.1) is 5.69 Å². The predicted molar refractivity (Wildman–Crippen MR) is 52.0 cm³/mol. The van der Waals surface area contributed by atoms with Crippen LogP contribution < -0.4 is 11.4 Å². The van der Waals surface area contributed by atoms with E-state index in [1.54, 1.807) is 13.8 Å². The smallest absolute Gasteiger partial charge is 0.349 e. The highest BCUT2D eigenvalue weighted by molar-refractivity contribution is 5.50. The van der Waals surface area contributed by atoms with Crippen molar-refractivity contribution < 1.29 is 4.42 Å². The topological polar surface area (TPSA) is 111 Å². The Morgan fingerprint density at radius 1 is 1.27 bits per heavy atom. The molecule has 0 atom stereocenters. The zero-order valence-corrected chi connectivity index (χ0v) is 8.24. The molecule has 2 heterocycles. The number of anilines is 1. The van der Waals surface area contributed by atoms with Crippen LogP contribution in [0, 0.1) is 13.8 Å². The highest BCUT2D eigenvalue weighted by Crippen LogP contribution is 2.19. The summed E-state index contributed by atoms with van der Waals surface area (Å²) in [5.41, 5.74) is 5.43. The van der Waals surface area contributed by atoms with Crippen molar-refractivity contribution in [2.24, 2.45) is 0 Å². The van der Waals surface area contributed by atoms with Crippen molar-refractivity contribution in [1.29, 1.82) is 0 Å². The number of aromatic nitrogens is 4. The largest absolute Gasteiger partial charge is 0.437 e. The van der Waals surface area contributed by atoms with E-state index in [0.29, 0.717) is 17.3 Å². The van der Waals surface area contributed by atoms with E-state index in [1.165, 1.54) is 0 Å². The van der Waals surface area contributed by atoms with Gasteiger partial charge in [0.2, 0.25) is 5.95 Å². The molecule has 2 rings (SSSR count). The predicted octanol–water partition coefficient (Wildman–Crippen LogP) is 0.0189. The van der Waals surface area contributed by atoms with Crippen LogP contribution in [0.1, 0.15) is 11.6 Å². The fourth-order valence-electron chi connectivity index (χ4n) is 1.26. The van der Waals surface area contributed by atoms with Crippen LogP contribution >= 0.6 is 0 Å². The van der Waals surface area contributed by atoms with E-state index < -0.39 is 5.69 Å². The van der Waals surface area contributed by atoms with Crippen LogP contribution in [0.5, 0.6) is 0 Å². The number of aromatic amines is 1. The maximum atomic E-state index is 11.1. The monoisotopic (exact) mass is 207 g/mol. The van der Waals surface area contributed by atoms with Gasteiger partial charge in [0.1, 0.15) is 0 Å². The van der Waals surface area contributed by atoms with E-state index in [0.717, 1.165) is 0 Å². The Labute approximate surface area is 84.4 Å². The van der Waals surface area contributed by atoms with Crippen molar-refractivity contribution in [2.75, 3.05) is 5.73 Å². The van der Waals surface area contributed by atoms with E-state index in [1.807, 2.05) is 0 Å². The minimum atomic E-state index is -0.564. The Hall–Kier alpha value is -2.18. The lowest BCUT2D eigenvalue weighted by Gasteiger charge is -1.96. The molecule has 0 radical (unpaired) electrons. The van der Waals surface area contributed by atoms with Crippen LogP contribution in [0.15, 0.2) is 9.21 Å². The van der Waals surface area contributed by atoms with Crippen molar-refractivity contribution in [1.82, 2.24) is 19.9 Å². The molecule has 78 valence electrons. The summed E-state index contributed by atoms with van der Waals surface area (Å²) in [5, 5.41) is 0. The summed E-state index contributed by atoms with van der Waals surface area (Å²) < 4.78 is 5.28. The molecule has 0 aliphatic carbocycles. The Kier molecular flexibility index (Phi) is 2.00. The average molecular weight is 207 g/mol. The fourth-order valence-corrected chi connectivity index (χ4v) is 1.26. The molecule has 15 heavy (non-hydrogen) atoms. The second-order valence-corrected chi connectivity index (χ2v) is 3.01. The molecular weight excluding hydrogens is 198 g/mol. The van der Waals surface area contributed by atoms with Gasteiger partial charge >= 0.3 is 5.69 Å². The Morgan fingerprint density at radius 3 is 2.53 bits per heavy atom. The SMILES string of the molecule is Cc1nc(C)c(-c2nc(N)nc(=O)[nH]2)o1. The van der Waals surface area contributed by atoms with Crippen LogP contribution in [-0.4, -0.2) is 19.9 Å². The van der Waals surface area contributed by atoms with Gasteiger partial charge in [0.15, 0.2) is 17.5 Å². The third-order valence-electron chi connectivity index (χ3n) is 1.79. The molecule has 0 spiro atoms. The van der Waals surface area contributed by atoms with E-state index in [-0.39, 0.29) is 11.8 Å². The van der Waals surface area contributed by atoms with Crippen molar-refractivity contribution in [2.45, 2.75) is 13.8 Å². The van der Waals surface area contributed by atoms with Gasteiger partial charge in [-0.2, -0.15) is 9.97 Å². The summed E-state index contributed by atoms with van der Waals surface area (Å²) in [6.07, 6.45) is 0. The summed E-state index contributed by atoms with van der Waals surface area (Å²) in [6, 6.07) is 0. The van der Waals surface area contributed by atoms with Gasteiger partial charge < -0.3 is 10.2 Å². The summed E-state index contributed by atoms with van der Waals surface area (Å²) in [7, 11) is 0. The fraction of sp³-hybridized carbons (Fsp3) is 0.250. The van der Waals surface area contributed by atoms with Crippen molar-refractivity contribution >= 4 is 5.95 Å². The lowest BCUT2D eigenvalue weighted by atomic mass is 10.3. The third-order valence-corrected chi connectivity index (χ3v) is 1.79. The summed E-state index contributed by atoms with van der Waals surface area (Å²) in [4.78, 5) is 24.8. The molecular formula is C8H9N5O2. The number of nitrogens with zero attached hydrogens (tertiary/aromatic N) is 3. The highest BCUT2D eigenvalue weighted by atomic mass is 16.4. The first-order valence-electron chi connectivity index (χ1n) is 4.24. The zero-order chi connectivity index (χ0) is 11.0. The molecule has 0 aromatic carbocycles. The number of H-pyrrole nitrogens is 1. The lowest BCUT2D eigenvalue weighted by Crippen LogP contribution is -2.15. The third kappa shape index (κ3) is 1.71. The number of nitrogen functional groups attached to an aromatic ring is 1. The van der Waals surface area contributed by atoms with Gasteiger partial charge in [0, 0.05) is 6.92 Å². The van der Waals surface area contributed by atoms with E-state index in [9.17, 15) is 4.79 Å². The lowest BCUT2D eigenvalue weighted by molar-refractivity contribution is 0.529. The molecule has 0 aliphatic rings. The standard InChI is InChI=1S/C8H9N5O2/c1-3-5(15-4(2)10-3)6-11-7(9)13-8(14)12-6/h1-2H3,(H3,9,11,12,13,14). The van der Waals surface area contributed by atoms with Gasteiger partial charge in [-0.1, -0.05) is 0 Å². The van der Waals surface area contributed by atoms with Crippen molar-refractivity contribution in [3.8, 4) is 11.6 Å². The number of rotatable bonds is 1. The van der Waals surface area contributed by atoms with Gasteiger partial charge in [0.25, 0.3) is 0 Å². The average Bonchev–Trinajstić information content (AvgIpc) is 2.43. The molecule has 7 heteroatoms. The normalized spacial score (nSPS) is 10.5. The summed E-state index contributed by atoms with van der Waals surface area (Å²) in [6.45, 7) is 3.46. The Morgan fingerprint density at radius 2 is 2.00 bits per heavy atom.